The van der Waals surface area contributed by atoms with Gasteiger partial charge in [-0.2, -0.15) is 0 Å². The highest BCUT2D eigenvalue weighted by Crippen LogP contribution is 2.42. The van der Waals surface area contributed by atoms with Gasteiger partial charge in [0.2, 0.25) is 6.29 Å². The van der Waals surface area contributed by atoms with Gasteiger partial charge in [0.15, 0.2) is 5.60 Å². The SMILES string of the molecule is CC[C@@]1(O)C(=O)OC(O)c2c1cc1n(c2=O)Cc2c-1n[13c]1[13cH][13cH][13c](OC(=O)N3CCC(N4CCCCC4)CC3)[13cH][13c]1c2C[13CH3]. The molecule has 2 saturated heterocycles. The summed E-state index contributed by atoms with van der Waals surface area (Å²) in [6.45, 7) is 7.51. The minimum Gasteiger partial charge on any atom is -0.429 e. The number of fused-ring (bicyclic) bond motifs is 5. The number of cyclic esters (lactones) is 1. The number of carbonyl (C=O) groups excluding carboxylic acids is 2. The average Bonchev–Trinajstić information content (AvgIpc) is 3.41. The van der Waals surface area contributed by atoms with Gasteiger partial charge in [0.1, 0.15) is 5.75 Å². The maximum Gasteiger partial charge on any atom is 0.415 e. The highest BCUT2D eigenvalue weighted by Gasteiger charge is 2.48. The molecule has 3 aromatic rings. The Morgan fingerprint density at radius 1 is 1.09 bits per heavy atom. The molecule has 1 unspecified atom stereocenters. The van der Waals surface area contributed by atoms with Crippen molar-refractivity contribution in [2.24, 2.45) is 0 Å². The van der Waals surface area contributed by atoms with Crippen molar-refractivity contribution in [3.05, 3.63) is 56.9 Å². The summed E-state index contributed by atoms with van der Waals surface area (Å²) < 4.78 is 12.3. The van der Waals surface area contributed by atoms with Gasteiger partial charge in [-0.25, -0.2) is 14.6 Å². The smallest absolute Gasteiger partial charge is 0.415 e. The lowest BCUT2D eigenvalue weighted by Crippen LogP contribution is -2.48. The van der Waals surface area contributed by atoms with Crippen molar-refractivity contribution in [2.75, 3.05) is 26.2 Å². The van der Waals surface area contributed by atoms with Crippen LogP contribution in [0.4, 0.5) is 4.79 Å². The quantitative estimate of drug-likeness (QED) is 0.263. The zero-order valence-electron chi connectivity index (χ0n) is 25.2. The van der Waals surface area contributed by atoms with Crippen molar-refractivity contribution < 1.29 is 29.3 Å². The number of pyridine rings is 2. The zero-order chi connectivity index (χ0) is 30.7. The standard InChI is InChI=1S/C33H38N4O7/c1-3-21-22-16-20(43-32(41)36-14-10-19(11-15-36)35-12-6-5-7-13-35)8-9-25(22)34-28-23(21)18-37-26(28)17-24-27(29(37)38)30(39)44-31(40)33(24,42)4-2/h8-9,16-17,19,30,39,42H,3-7,10-15,18H2,1-2H3/t30?,33-/m0/s1/i1+1,8+1,9+1,16+1,20+1,22+1,25+1. The lowest BCUT2D eigenvalue weighted by atomic mass is 9.85. The molecule has 0 spiro atoms. The van der Waals surface area contributed by atoms with Gasteiger partial charge >= 0.3 is 12.1 Å². The van der Waals surface area contributed by atoms with Crippen LogP contribution < -0.4 is 10.3 Å². The van der Waals surface area contributed by atoms with Crippen LogP contribution in [0.1, 0.15) is 80.9 Å². The van der Waals surface area contributed by atoms with Crippen LogP contribution in [0.15, 0.2) is 29.1 Å². The minimum atomic E-state index is -2.04. The van der Waals surface area contributed by atoms with Gasteiger partial charge in [-0.05, 0) is 81.4 Å². The molecule has 44 heavy (non-hydrogen) atoms. The fourth-order valence-corrected chi connectivity index (χ4v) is 7.52. The van der Waals surface area contributed by atoms with E-state index in [0.29, 0.717) is 48.2 Å². The Morgan fingerprint density at radius 3 is 2.55 bits per heavy atom. The molecule has 0 radical (unpaired) electrons. The number of hydrogen-bond donors (Lipinski definition) is 2. The van der Waals surface area contributed by atoms with Gasteiger partial charge in [-0.3, -0.25) is 4.79 Å². The topological polar surface area (TPSA) is 134 Å². The van der Waals surface area contributed by atoms with Crippen LogP contribution in [0.2, 0.25) is 0 Å². The van der Waals surface area contributed by atoms with Gasteiger partial charge in [0.05, 0.1) is 29.0 Å². The van der Waals surface area contributed by atoms with Crippen molar-refractivity contribution in [3.63, 3.8) is 0 Å². The van der Waals surface area contributed by atoms with E-state index in [9.17, 15) is 24.6 Å². The highest BCUT2D eigenvalue weighted by atomic mass is 16.6. The van der Waals surface area contributed by atoms with Crippen LogP contribution in [-0.4, -0.2) is 73.8 Å². The first-order valence-corrected chi connectivity index (χ1v) is 15.8. The zero-order valence-corrected chi connectivity index (χ0v) is 25.2. The number of aryl methyl sites for hydroxylation is 1. The third-order valence-corrected chi connectivity index (χ3v) is 10.0. The van der Waals surface area contributed by atoms with Crippen LogP contribution in [-0.2, 0) is 28.1 Å². The van der Waals surface area contributed by atoms with E-state index in [-0.39, 0.29) is 30.2 Å². The van der Waals surface area contributed by atoms with E-state index in [4.69, 9.17) is 14.5 Å². The summed E-state index contributed by atoms with van der Waals surface area (Å²) in [5.41, 5.74) is 0.864. The number of benzene rings is 1. The Bertz CT molecular complexity index is 1720. The summed E-state index contributed by atoms with van der Waals surface area (Å²) >= 11 is 0. The average molecular weight is 610 g/mol. The molecular weight excluding hydrogens is 571 g/mol. The summed E-state index contributed by atoms with van der Waals surface area (Å²) in [6, 6.07) is 7.50. The Hall–Kier alpha value is -3.80. The molecule has 7 rings (SSSR count). The number of ether oxygens (including phenoxy) is 2. The first-order chi connectivity index (χ1) is 21.2. The summed E-state index contributed by atoms with van der Waals surface area (Å²) in [5.74, 6) is -0.552. The molecule has 2 aromatic heterocycles. The second-order valence-corrected chi connectivity index (χ2v) is 12.4. The molecule has 11 nitrogen and oxygen atoms in total. The minimum absolute atomic E-state index is 0.0232. The van der Waals surface area contributed by atoms with E-state index in [1.807, 2.05) is 19.1 Å². The summed E-state index contributed by atoms with van der Waals surface area (Å²) in [4.78, 5) is 48.6. The van der Waals surface area contributed by atoms with Crippen molar-refractivity contribution >= 4 is 23.0 Å². The maximum atomic E-state index is 13.6. The largest absolute Gasteiger partial charge is 0.429 e. The second kappa shape index (κ2) is 11.0. The number of aromatic nitrogens is 2. The summed E-state index contributed by atoms with van der Waals surface area (Å²) in [6.07, 6.45) is 4.24. The molecule has 1 amide bonds. The molecule has 232 valence electrons. The van der Waals surface area contributed by atoms with Crippen molar-refractivity contribution in [1.29, 1.82) is 0 Å². The molecule has 0 aliphatic carbocycles. The Morgan fingerprint density at radius 2 is 1.84 bits per heavy atom. The molecule has 4 aliphatic rings. The molecule has 2 N–H and O–H groups in total. The number of rotatable bonds is 4. The van der Waals surface area contributed by atoms with Crippen molar-refractivity contribution in [2.45, 2.75) is 83.3 Å². The molecule has 2 atom stereocenters. The number of nitrogens with zero attached hydrogens (tertiary/aromatic N) is 4. The lowest BCUT2D eigenvalue weighted by Gasteiger charge is -2.39. The molecule has 4 aliphatic heterocycles. The molecule has 0 bridgehead atoms. The van der Waals surface area contributed by atoms with E-state index < -0.39 is 23.4 Å². The number of likely N-dealkylation sites (tertiary alicyclic amines) is 2. The van der Waals surface area contributed by atoms with Gasteiger partial charge < -0.3 is 34.1 Å². The molecule has 6 heterocycles. The van der Waals surface area contributed by atoms with E-state index in [1.54, 1.807) is 24.0 Å². The number of piperidine rings is 2. The van der Waals surface area contributed by atoms with E-state index in [0.717, 1.165) is 42.4 Å². The van der Waals surface area contributed by atoms with E-state index in [1.165, 1.54) is 23.8 Å². The van der Waals surface area contributed by atoms with Crippen LogP contribution >= 0.6 is 0 Å². The molecule has 11 heteroatoms. The predicted octanol–water partition coefficient (Wildman–Crippen LogP) is 3.58. The van der Waals surface area contributed by atoms with Gasteiger partial charge in [-0.15, -0.1) is 0 Å². The molecule has 0 saturated carbocycles. The fourth-order valence-electron chi connectivity index (χ4n) is 7.52. The number of aliphatic hydroxyl groups excluding tert-OH is 1. The molecular formula is C33H38N4O7. The Kier molecular flexibility index (Phi) is 7.22. The monoisotopic (exact) mass is 609 g/mol. The first kappa shape index (κ1) is 28.9. The number of aliphatic hydroxyl groups is 2. The summed E-state index contributed by atoms with van der Waals surface area (Å²) in [5, 5.41) is 22.5. The van der Waals surface area contributed by atoms with Crippen molar-refractivity contribution in [3.8, 4) is 17.1 Å². The lowest BCUT2D eigenvalue weighted by molar-refractivity contribution is -0.199. The first-order valence-electron chi connectivity index (χ1n) is 15.8. The second-order valence-electron chi connectivity index (χ2n) is 12.4. The van der Waals surface area contributed by atoms with E-state index >= 15 is 0 Å². The van der Waals surface area contributed by atoms with Gasteiger partial charge in [0.25, 0.3) is 5.56 Å². The number of hydrogen-bond acceptors (Lipinski definition) is 9. The predicted molar refractivity (Wildman–Crippen MR) is 161 cm³/mol. The van der Waals surface area contributed by atoms with E-state index in [2.05, 4.69) is 4.90 Å². The third-order valence-electron chi connectivity index (χ3n) is 10.0. The van der Waals surface area contributed by atoms with Crippen LogP contribution in [0, 0.1) is 0 Å². The van der Waals surface area contributed by atoms with Crippen LogP contribution in [0.5, 0.6) is 5.75 Å². The van der Waals surface area contributed by atoms with Gasteiger partial charge in [0, 0.05) is 35.6 Å². The Balaban J connectivity index is 1.18. The highest BCUT2D eigenvalue weighted by molar-refractivity contribution is 5.90. The number of amides is 1. The molecule has 2 fully saturated rings. The van der Waals surface area contributed by atoms with Crippen molar-refractivity contribution in [1.82, 2.24) is 19.4 Å². The maximum absolute atomic E-state index is 13.6. The third kappa shape index (κ3) is 4.52. The summed E-state index contributed by atoms with van der Waals surface area (Å²) in [7, 11) is 0. The van der Waals surface area contributed by atoms with Crippen LogP contribution in [0.25, 0.3) is 22.3 Å². The number of esters is 1. The normalized spacial score (nSPS) is 23.7. The number of carbonyl (C=O) groups is 2. The fraction of sp³-hybridized carbons (Fsp3) is 0.515. The Labute approximate surface area is 255 Å². The van der Waals surface area contributed by atoms with Gasteiger partial charge in [-0.1, -0.05) is 20.3 Å². The van der Waals surface area contributed by atoms with Crippen LogP contribution in [0.3, 0.4) is 0 Å². The molecule has 1 aromatic carbocycles.